The van der Waals surface area contributed by atoms with Crippen LogP contribution in [0.25, 0.3) is 0 Å². The van der Waals surface area contributed by atoms with E-state index in [2.05, 4.69) is 31.3 Å². The maximum Gasteiger partial charge on any atom is 0.472 e. The SMILES string of the molecule is CCC/C=C/CCCCCCCC/C=C/[C@@H](O)[C@H](COP(=O)(O)OCC[N+](C)(C)C)NC(=O)CCCCCCCCCCCCCCCCCCCCCCC. The molecule has 3 N–H and O–H groups in total. The maximum absolute atomic E-state index is 12.9. The number of hydrogen-bond donors (Lipinski definition) is 3. The smallest absolute Gasteiger partial charge is 0.387 e. The molecule has 0 bridgehead atoms. The lowest BCUT2D eigenvalue weighted by Gasteiger charge is -2.25. The largest absolute Gasteiger partial charge is 0.472 e. The summed E-state index contributed by atoms with van der Waals surface area (Å²) in [5.41, 5.74) is 0. The number of phosphoric ester groups is 1. The number of rotatable bonds is 43. The van der Waals surface area contributed by atoms with Gasteiger partial charge in [0.15, 0.2) is 0 Å². The van der Waals surface area contributed by atoms with E-state index in [9.17, 15) is 19.4 Å². The zero-order chi connectivity index (χ0) is 41.4. The number of likely N-dealkylation sites (N-methyl/N-ethyl adjacent to an activating group) is 1. The standard InChI is InChI=1S/C47H93N2O6P/c1-6-8-10-12-14-16-18-20-21-22-23-24-25-26-27-29-31-33-35-37-39-41-47(51)48-45(44-55-56(52,53)54-43-42-49(3,4)5)46(50)40-38-36-34-32-30-28-19-17-15-13-11-9-7-2/h11,13,38,40,45-46,50H,6-10,12,14-37,39,41-44H2,1-5H3,(H-,48,51,52,53)/p+1/b13-11+,40-38+/t45-,46+/m0/s1. The molecule has 1 amide bonds. The van der Waals surface area contributed by atoms with Crippen molar-refractivity contribution in [2.24, 2.45) is 0 Å². The molecule has 0 fully saturated rings. The summed E-state index contributed by atoms with van der Waals surface area (Å²) in [4.78, 5) is 23.1. The van der Waals surface area contributed by atoms with Crippen molar-refractivity contribution in [2.45, 2.75) is 231 Å². The number of carbonyl (C=O) groups excluding carboxylic acids is 1. The highest BCUT2D eigenvalue weighted by molar-refractivity contribution is 7.47. The van der Waals surface area contributed by atoms with Gasteiger partial charge in [0.05, 0.1) is 39.9 Å². The van der Waals surface area contributed by atoms with E-state index in [0.717, 1.165) is 38.5 Å². The van der Waals surface area contributed by atoms with Crippen LogP contribution >= 0.6 is 7.82 Å². The van der Waals surface area contributed by atoms with Crippen LogP contribution in [0.15, 0.2) is 24.3 Å². The van der Waals surface area contributed by atoms with Gasteiger partial charge in [0.2, 0.25) is 5.91 Å². The third-order valence-corrected chi connectivity index (χ3v) is 11.6. The Bertz CT molecular complexity index is 969. The molecule has 56 heavy (non-hydrogen) atoms. The first kappa shape index (κ1) is 55.0. The molecule has 9 heteroatoms. The van der Waals surface area contributed by atoms with Gasteiger partial charge in [-0.3, -0.25) is 13.8 Å². The number of aliphatic hydroxyl groups is 1. The zero-order valence-electron chi connectivity index (χ0n) is 37.6. The van der Waals surface area contributed by atoms with Gasteiger partial charge in [0.25, 0.3) is 0 Å². The van der Waals surface area contributed by atoms with Gasteiger partial charge in [-0.1, -0.05) is 199 Å². The van der Waals surface area contributed by atoms with Gasteiger partial charge in [0.1, 0.15) is 13.2 Å². The minimum atomic E-state index is -4.34. The van der Waals surface area contributed by atoms with Crippen LogP contribution in [0.5, 0.6) is 0 Å². The molecule has 0 aromatic rings. The predicted molar refractivity (Wildman–Crippen MR) is 240 cm³/mol. The minimum absolute atomic E-state index is 0.0617. The Balaban J connectivity index is 4.28. The summed E-state index contributed by atoms with van der Waals surface area (Å²) in [5.74, 6) is -0.177. The molecule has 0 saturated carbocycles. The number of amides is 1. The van der Waals surface area contributed by atoms with E-state index >= 15 is 0 Å². The van der Waals surface area contributed by atoms with E-state index in [1.54, 1.807) is 6.08 Å². The van der Waals surface area contributed by atoms with Crippen molar-refractivity contribution < 1.29 is 32.9 Å². The van der Waals surface area contributed by atoms with Gasteiger partial charge in [-0.05, 0) is 38.5 Å². The number of aliphatic hydroxyl groups excluding tert-OH is 1. The summed E-state index contributed by atoms with van der Waals surface area (Å²) >= 11 is 0. The Kier molecular flexibility index (Phi) is 38.7. The van der Waals surface area contributed by atoms with E-state index in [1.807, 2.05) is 27.2 Å². The van der Waals surface area contributed by atoms with E-state index < -0.39 is 20.0 Å². The number of unbranched alkanes of at least 4 members (excludes halogenated alkanes) is 28. The first-order valence-electron chi connectivity index (χ1n) is 23.7. The second-order valence-corrected chi connectivity index (χ2v) is 18.9. The van der Waals surface area contributed by atoms with Crippen molar-refractivity contribution in [1.82, 2.24) is 5.32 Å². The molecule has 0 aliphatic rings. The van der Waals surface area contributed by atoms with Crippen molar-refractivity contribution in [1.29, 1.82) is 0 Å². The summed E-state index contributed by atoms with van der Waals surface area (Å²) in [5, 5.41) is 13.8. The molecule has 3 atom stereocenters. The fraction of sp³-hybridized carbons (Fsp3) is 0.894. The third kappa shape index (κ3) is 41.2. The van der Waals surface area contributed by atoms with Crippen molar-refractivity contribution in [2.75, 3.05) is 40.9 Å². The van der Waals surface area contributed by atoms with Gasteiger partial charge in [-0.15, -0.1) is 0 Å². The average Bonchev–Trinajstić information content (AvgIpc) is 3.15. The molecule has 0 spiro atoms. The second kappa shape index (κ2) is 39.4. The monoisotopic (exact) mass is 814 g/mol. The average molecular weight is 814 g/mol. The summed E-state index contributed by atoms with van der Waals surface area (Å²) in [7, 11) is 1.57. The van der Waals surface area contributed by atoms with Crippen molar-refractivity contribution >= 4 is 13.7 Å². The lowest BCUT2D eigenvalue weighted by molar-refractivity contribution is -0.870. The molecule has 0 aliphatic carbocycles. The van der Waals surface area contributed by atoms with Crippen LogP contribution in [0.4, 0.5) is 0 Å². The topological polar surface area (TPSA) is 105 Å². The minimum Gasteiger partial charge on any atom is -0.387 e. The molecular formula is C47H94N2O6P+. The van der Waals surface area contributed by atoms with Crippen molar-refractivity contribution in [3.8, 4) is 0 Å². The summed E-state index contributed by atoms with van der Waals surface area (Å²) in [6.45, 7) is 4.77. The number of hydrogen-bond acceptors (Lipinski definition) is 5. The van der Waals surface area contributed by atoms with Gasteiger partial charge < -0.3 is 19.8 Å². The Morgan fingerprint density at radius 2 is 1.00 bits per heavy atom. The molecule has 0 heterocycles. The molecule has 0 radical (unpaired) electrons. The van der Waals surface area contributed by atoms with Crippen LogP contribution in [0.3, 0.4) is 0 Å². The van der Waals surface area contributed by atoms with Gasteiger partial charge in [-0.2, -0.15) is 0 Å². The van der Waals surface area contributed by atoms with Gasteiger partial charge in [0, 0.05) is 6.42 Å². The third-order valence-electron chi connectivity index (χ3n) is 10.6. The summed E-state index contributed by atoms with van der Waals surface area (Å²) < 4.78 is 23.6. The Morgan fingerprint density at radius 1 is 0.589 bits per heavy atom. The Morgan fingerprint density at radius 3 is 1.45 bits per heavy atom. The highest BCUT2D eigenvalue weighted by Crippen LogP contribution is 2.43. The lowest BCUT2D eigenvalue weighted by atomic mass is 10.0. The number of nitrogens with zero attached hydrogens (tertiary/aromatic N) is 1. The second-order valence-electron chi connectivity index (χ2n) is 17.5. The van der Waals surface area contributed by atoms with E-state index in [4.69, 9.17) is 9.05 Å². The predicted octanol–water partition coefficient (Wildman–Crippen LogP) is 13.3. The Hall–Kier alpha value is -1.02. The summed E-state index contributed by atoms with van der Waals surface area (Å²) in [6, 6.07) is -0.845. The van der Waals surface area contributed by atoms with Gasteiger partial charge in [-0.25, -0.2) is 4.57 Å². The van der Waals surface area contributed by atoms with Crippen molar-refractivity contribution in [3.05, 3.63) is 24.3 Å². The molecule has 0 aliphatic heterocycles. The number of nitrogens with one attached hydrogen (secondary N) is 1. The van der Waals surface area contributed by atoms with Crippen LogP contribution in [0.2, 0.25) is 0 Å². The quantitative estimate of drug-likeness (QED) is 0.0245. The number of phosphoric acid groups is 1. The molecule has 8 nitrogen and oxygen atoms in total. The van der Waals surface area contributed by atoms with Gasteiger partial charge >= 0.3 is 7.82 Å². The van der Waals surface area contributed by atoms with Crippen LogP contribution in [0.1, 0.15) is 219 Å². The zero-order valence-corrected chi connectivity index (χ0v) is 38.5. The van der Waals surface area contributed by atoms with E-state index in [-0.39, 0.29) is 19.1 Å². The fourth-order valence-electron chi connectivity index (χ4n) is 6.87. The van der Waals surface area contributed by atoms with E-state index in [0.29, 0.717) is 17.4 Å². The lowest BCUT2D eigenvalue weighted by Crippen LogP contribution is -2.45. The maximum atomic E-state index is 12.9. The number of allylic oxidation sites excluding steroid dienone is 3. The van der Waals surface area contributed by atoms with Crippen LogP contribution < -0.4 is 5.32 Å². The van der Waals surface area contributed by atoms with Crippen molar-refractivity contribution in [3.63, 3.8) is 0 Å². The molecular weight excluding hydrogens is 719 g/mol. The molecule has 0 aromatic heterocycles. The first-order valence-corrected chi connectivity index (χ1v) is 25.2. The van der Waals surface area contributed by atoms with Crippen LogP contribution in [-0.2, 0) is 18.4 Å². The molecule has 0 aromatic carbocycles. The molecule has 1 unspecified atom stereocenters. The first-order chi connectivity index (χ1) is 27.0. The van der Waals surface area contributed by atoms with E-state index in [1.165, 1.54) is 161 Å². The molecule has 332 valence electrons. The summed E-state index contributed by atoms with van der Waals surface area (Å²) in [6.07, 6.45) is 46.8. The molecule has 0 rings (SSSR count). The highest BCUT2D eigenvalue weighted by atomic mass is 31.2. The van der Waals surface area contributed by atoms with Crippen LogP contribution in [-0.4, -0.2) is 73.4 Å². The highest BCUT2D eigenvalue weighted by Gasteiger charge is 2.27. The number of carbonyl (C=O) groups is 1. The Labute approximate surface area is 347 Å². The normalized spacial score (nSPS) is 14.5. The molecule has 0 saturated heterocycles. The fourth-order valence-corrected chi connectivity index (χ4v) is 7.60. The van der Waals surface area contributed by atoms with Crippen LogP contribution in [0, 0.1) is 0 Å². The number of quaternary nitrogens is 1.